The molecular weight excluding hydrogens is 409 g/mol. The molecule has 0 bridgehead atoms. The number of benzene rings is 1. The Labute approximate surface area is 173 Å². The summed E-state index contributed by atoms with van der Waals surface area (Å²) in [5.41, 5.74) is 0.433. The van der Waals surface area contributed by atoms with Crippen LogP contribution in [0.3, 0.4) is 0 Å². The molecule has 4 rings (SSSR count). The van der Waals surface area contributed by atoms with E-state index >= 15 is 0 Å². The molecule has 8 nitrogen and oxygen atoms in total. The van der Waals surface area contributed by atoms with Crippen LogP contribution in [-0.2, 0) is 17.9 Å². The van der Waals surface area contributed by atoms with Gasteiger partial charge in [-0.1, -0.05) is 12.1 Å². The largest absolute Gasteiger partial charge is 0.332 e. The third-order valence-corrected chi connectivity index (χ3v) is 5.28. The van der Waals surface area contributed by atoms with Crippen LogP contribution in [0.4, 0.5) is 9.52 Å². The average Bonchev–Trinajstić information content (AvgIpc) is 3.14. The van der Waals surface area contributed by atoms with E-state index in [-0.39, 0.29) is 24.1 Å². The fourth-order valence-electron chi connectivity index (χ4n) is 3.02. The van der Waals surface area contributed by atoms with Crippen molar-refractivity contribution in [2.75, 3.05) is 5.32 Å². The van der Waals surface area contributed by atoms with E-state index in [1.165, 1.54) is 46.4 Å². The van der Waals surface area contributed by atoms with Gasteiger partial charge in [0.05, 0.1) is 17.8 Å². The Morgan fingerprint density at radius 2 is 1.93 bits per heavy atom. The van der Waals surface area contributed by atoms with Gasteiger partial charge >= 0.3 is 5.69 Å². The smallest absolute Gasteiger partial charge is 0.300 e. The van der Waals surface area contributed by atoms with Crippen LogP contribution in [0.1, 0.15) is 11.3 Å². The molecule has 1 amide bonds. The van der Waals surface area contributed by atoms with Gasteiger partial charge in [-0.2, -0.15) is 0 Å². The van der Waals surface area contributed by atoms with Gasteiger partial charge in [-0.3, -0.25) is 18.7 Å². The number of pyridine rings is 1. The minimum Gasteiger partial charge on any atom is -0.300 e. The number of thiazole rings is 1. The van der Waals surface area contributed by atoms with E-state index in [1.54, 1.807) is 24.4 Å². The Kier molecular flexibility index (Phi) is 5.23. The normalized spacial score (nSPS) is 11.0. The van der Waals surface area contributed by atoms with Crippen molar-refractivity contribution in [3.8, 4) is 0 Å². The number of fused-ring (bicyclic) bond motifs is 1. The quantitative estimate of drug-likeness (QED) is 0.528. The highest BCUT2D eigenvalue weighted by Gasteiger charge is 2.17. The van der Waals surface area contributed by atoms with Gasteiger partial charge in [-0.15, -0.1) is 11.3 Å². The molecule has 0 saturated heterocycles. The monoisotopic (exact) mass is 425 g/mol. The van der Waals surface area contributed by atoms with E-state index in [9.17, 15) is 18.8 Å². The highest BCUT2D eigenvalue weighted by Crippen LogP contribution is 2.14. The molecule has 3 heterocycles. The number of carbonyl (C=O) groups is 1. The van der Waals surface area contributed by atoms with E-state index in [1.807, 2.05) is 0 Å². The fourth-order valence-corrected chi connectivity index (χ4v) is 3.73. The first-order valence-corrected chi connectivity index (χ1v) is 9.85. The second-order valence-electron chi connectivity index (χ2n) is 6.60. The number of aryl methyl sites for hydroxylation is 1. The van der Waals surface area contributed by atoms with E-state index in [0.717, 1.165) is 10.3 Å². The molecule has 4 aromatic rings. The third-order valence-electron chi connectivity index (χ3n) is 4.41. The van der Waals surface area contributed by atoms with Gasteiger partial charge in [0.1, 0.15) is 12.4 Å². The molecule has 0 radical (unpaired) electrons. The maximum Gasteiger partial charge on any atom is 0.332 e. The number of nitrogens with one attached hydrogen (secondary N) is 1. The first-order valence-electron chi connectivity index (χ1n) is 8.97. The molecule has 0 aliphatic rings. The second kappa shape index (κ2) is 7.99. The molecular formula is C20H16FN5O3S. The van der Waals surface area contributed by atoms with Crippen LogP contribution in [0.15, 0.2) is 57.6 Å². The summed E-state index contributed by atoms with van der Waals surface area (Å²) >= 11 is 1.28. The number of amides is 1. The number of nitrogens with zero attached hydrogens (tertiary/aromatic N) is 4. The van der Waals surface area contributed by atoms with Crippen molar-refractivity contribution in [2.45, 2.75) is 20.0 Å². The van der Waals surface area contributed by atoms with Gasteiger partial charge in [-0.05, 0) is 36.8 Å². The summed E-state index contributed by atoms with van der Waals surface area (Å²) in [5, 5.41) is 4.87. The average molecular weight is 425 g/mol. The first kappa shape index (κ1) is 19.6. The van der Waals surface area contributed by atoms with Crippen LogP contribution in [0.2, 0.25) is 0 Å². The van der Waals surface area contributed by atoms with Crippen molar-refractivity contribution in [1.82, 2.24) is 19.1 Å². The van der Waals surface area contributed by atoms with E-state index in [2.05, 4.69) is 15.3 Å². The molecule has 0 fully saturated rings. The molecule has 152 valence electrons. The van der Waals surface area contributed by atoms with Gasteiger partial charge < -0.3 is 5.32 Å². The molecule has 0 aliphatic heterocycles. The molecule has 0 saturated carbocycles. The summed E-state index contributed by atoms with van der Waals surface area (Å²) in [4.78, 5) is 46.8. The highest BCUT2D eigenvalue weighted by atomic mass is 32.1. The number of hydrogen-bond acceptors (Lipinski definition) is 6. The van der Waals surface area contributed by atoms with Crippen molar-refractivity contribution in [2.24, 2.45) is 0 Å². The van der Waals surface area contributed by atoms with Crippen molar-refractivity contribution in [1.29, 1.82) is 0 Å². The van der Waals surface area contributed by atoms with Crippen molar-refractivity contribution in [3.05, 3.63) is 85.9 Å². The van der Waals surface area contributed by atoms with Gasteiger partial charge in [0.2, 0.25) is 5.91 Å². The second-order valence-corrected chi connectivity index (χ2v) is 7.46. The van der Waals surface area contributed by atoms with E-state index in [0.29, 0.717) is 10.7 Å². The minimum absolute atomic E-state index is 0.0668. The molecule has 0 aliphatic carbocycles. The third kappa shape index (κ3) is 3.90. The molecule has 30 heavy (non-hydrogen) atoms. The number of hydrogen-bond donors (Lipinski definition) is 1. The number of rotatable bonds is 5. The summed E-state index contributed by atoms with van der Waals surface area (Å²) in [5.74, 6) is -0.874. The number of carbonyl (C=O) groups excluding carboxylic acids is 1. The molecule has 10 heteroatoms. The summed E-state index contributed by atoms with van der Waals surface area (Å²) in [7, 11) is 0. The summed E-state index contributed by atoms with van der Waals surface area (Å²) in [6.07, 6.45) is 1.44. The van der Waals surface area contributed by atoms with Crippen LogP contribution < -0.4 is 16.6 Å². The van der Waals surface area contributed by atoms with E-state index < -0.39 is 23.0 Å². The maximum absolute atomic E-state index is 13.2. The number of anilines is 1. The SMILES string of the molecule is Cc1csc(NC(=O)Cn2c(=O)n(Cc3ccc(F)cc3)c(=O)c3ncccc32)n1. The molecule has 0 spiro atoms. The lowest BCUT2D eigenvalue weighted by Crippen LogP contribution is -2.42. The zero-order chi connectivity index (χ0) is 21.3. The Bertz CT molecular complexity index is 1360. The lowest BCUT2D eigenvalue weighted by atomic mass is 10.2. The van der Waals surface area contributed by atoms with Crippen molar-refractivity contribution in [3.63, 3.8) is 0 Å². The van der Waals surface area contributed by atoms with E-state index in [4.69, 9.17) is 0 Å². The Morgan fingerprint density at radius 3 is 2.63 bits per heavy atom. The predicted octanol–water partition coefficient (Wildman–Crippen LogP) is 2.15. The predicted molar refractivity (Wildman–Crippen MR) is 111 cm³/mol. The van der Waals surface area contributed by atoms with Crippen LogP contribution in [0.25, 0.3) is 11.0 Å². The minimum atomic E-state index is -0.657. The van der Waals surface area contributed by atoms with Gasteiger partial charge in [0.25, 0.3) is 5.56 Å². The number of aromatic nitrogens is 4. The lowest BCUT2D eigenvalue weighted by molar-refractivity contribution is -0.116. The standard InChI is InChI=1S/C20H16FN5O3S/c1-12-11-30-19(23-12)24-16(27)10-25-15-3-2-8-22-17(15)18(28)26(20(25)29)9-13-4-6-14(21)7-5-13/h2-8,11H,9-10H2,1H3,(H,23,24,27). The van der Waals surface area contributed by atoms with Gasteiger partial charge in [0.15, 0.2) is 10.6 Å². The molecule has 0 unspecified atom stereocenters. The van der Waals surface area contributed by atoms with Gasteiger partial charge in [0, 0.05) is 11.6 Å². The molecule has 1 aromatic carbocycles. The summed E-state index contributed by atoms with van der Waals surface area (Å²) in [6, 6.07) is 8.64. The first-order chi connectivity index (χ1) is 14.4. The topological polar surface area (TPSA) is 98.9 Å². The molecule has 1 N–H and O–H groups in total. The molecule has 0 atom stereocenters. The van der Waals surface area contributed by atoms with Crippen LogP contribution >= 0.6 is 11.3 Å². The lowest BCUT2D eigenvalue weighted by Gasteiger charge is -2.13. The van der Waals surface area contributed by atoms with Crippen LogP contribution in [0, 0.1) is 12.7 Å². The Morgan fingerprint density at radius 1 is 1.17 bits per heavy atom. The highest BCUT2D eigenvalue weighted by molar-refractivity contribution is 7.13. The van der Waals surface area contributed by atoms with Crippen LogP contribution in [-0.4, -0.2) is 25.0 Å². The zero-order valence-corrected chi connectivity index (χ0v) is 16.6. The Balaban J connectivity index is 1.76. The Hall–Kier alpha value is -3.66. The molecule has 3 aromatic heterocycles. The zero-order valence-electron chi connectivity index (χ0n) is 15.8. The maximum atomic E-state index is 13.2. The van der Waals surface area contributed by atoms with Gasteiger partial charge in [-0.25, -0.2) is 19.2 Å². The summed E-state index contributed by atoms with van der Waals surface area (Å²) < 4.78 is 15.4. The summed E-state index contributed by atoms with van der Waals surface area (Å²) in [6.45, 7) is 1.42. The van der Waals surface area contributed by atoms with Crippen molar-refractivity contribution >= 4 is 33.4 Å². The van der Waals surface area contributed by atoms with Crippen LogP contribution in [0.5, 0.6) is 0 Å². The van der Waals surface area contributed by atoms with Crippen molar-refractivity contribution < 1.29 is 9.18 Å². The fraction of sp³-hybridized carbons (Fsp3) is 0.150. The number of halogens is 1.